The minimum Gasteiger partial charge on any atom is -0.355 e. The molecule has 0 aliphatic carbocycles. The molecule has 6 nitrogen and oxygen atoms in total. The number of amidine groups is 1. The molecular weight excluding hydrogens is 556 g/mol. The highest BCUT2D eigenvalue weighted by Crippen LogP contribution is 2.38. The van der Waals surface area contributed by atoms with Gasteiger partial charge in [-0.2, -0.15) is 36.4 Å². The van der Waals surface area contributed by atoms with Gasteiger partial charge in [0.05, 0.1) is 28.1 Å². The van der Waals surface area contributed by atoms with E-state index in [0.29, 0.717) is 28.8 Å². The van der Waals surface area contributed by atoms with Gasteiger partial charge >= 0.3 is 17.6 Å². The quantitative estimate of drug-likeness (QED) is 0.319. The van der Waals surface area contributed by atoms with Crippen LogP contribution in [0.25, 0.3) is 17.0 Å². The van der Waals surface area contributed by atoms with Crippen molar-refractivity contribution < 1.29 is 31.1 Å². The molecule has 0 N–H and O–H groups in total. The number of hydrogen-bond acceptors (Lipinski definition) is 5. The van der Waals surface area contributed by atoms with E-state index in [2.05, 4.69) is 34.0 Å². The van der Waals surface area contributed by atoms with Crippen molar-refractivity contribution in [2.75, 3.05) is 27.2 Å². The first-order valence-corrected chi connectivity index (χ1v) is 13.3. The number of alkyl halides is 6. The van der Waals surface area contributed by atoms with E-state index in [4.69, 9.17) is 0 Å². The number of likely N-dealkylation sites (tertiary alicyclic amines) is 1. The third-order valence-corrected chi connectivity index (χ3v) is 7.84. The minimum absolute atomic E-state index is 0.130. The van der Waals surface area contributed by atoms with Crippen LogP contribution in [-0.4, -0.2) is 63.9 Å². The summed E-state index contributed by atoms with van der Waals surface area (Å²) in [6.45, 7) is 1.20. The van der Waals surface area contributed by atoms with Crippen LogP contribution in [0.15, 0.2) is 52.5 Å². The molecule has 0 spiro atoms. The number of carbonyl (C=O) groups is 1. The zero-order valence-electron chi connectivity index (χ0n) is 21.6. The summed E-state index contributed by atoms with van der Waals surface area (Å²) in [4.78, 5) is 21.4. The number of thioether (sulfide) groups is 1. The number of benzene rings is 2. The van der Waals surface area contributed by atoms with Gasteiger partial charge in [-0.05, 0) is 80.2 Å². The number of amides is 1. The van der Waals surface area contributed by atoms with Gasteiger partial charge in [-0.1, -0.05) is 12.1 Å². The Morgan fingerprint density at radius 3 is 2.40 bits per heavy atom. The number of aromatic nitrogens is 2. The maximum absolute atomic E-state index is 13.6. The number of aliphatic imine (C=N–C) groups is 1. The van der Waals surface area contributed by atoms with Crippen LogP contribution >= 0.6 is 11.8 Å². The van der Waals surface area contributed by atoms with Crippen molar-refractivity contribution in [3.63, 3.8) is 0 Å². The lowest BCUT2D eigenvalue weighted by atomic mass is 10.0. The standard InChI is InChI=1S/C27H25F6N5OS/c1-36(2)20-7-9-37(10-8-20)24-23(40-25(39)34-24)12-16-3-6-22-18(11-16)15-38(35-22)14-17-4-5-19(26(28,29)30)13-21(17)27(31,32)33/h3-6,11-13,15,20H,7-10,14H2,1-2H3/b23-12-. The lowest BCUT2D eigenvalue weighted by Crippen LogP contribution is -2.44. The first-order chi connectivity index (χ1) is 18.8. The highest BCUT2D eigenvalue weighted by Gasteiger charge is 2.38. The van der Waals surface area contributed by atoms with Crippen LogP contribution in [0.3, 0.4) is 0 Å². The van der Waals surface area contributed by atoms with Crippen molar-refractivity contribution in [2.45, 2.75) is 37.8 Å². The largest absolute Gasteiger partial charge is 0.416 e. The number of piperidine rings is 1. The summed E-state index contributed by atoms with van der Waals surface area (Å²) in [7, 11) is 4.10. The number of carbonyl (C=O) groups excluding carboxylic acids is 1. The molecule has 0 radical (unpaired) electrons. The fourth-order valence-electron chi connectivity index (χ4n) is 4.97. The number of fused-ring (bicyclic) bond motifs is 1. The van der Waals surface area contributed by atoms with Crippen LogP contribution in [0.2, 0.25) is 0 Å². The van der Waals surface area contributed by atoms with Crippen LogP contribution in [-0.2, 0) is 18.9 Å². The number of nitrogens with zero attached hydrogens (tertiary/aromatic N) is 5. The van der Waals surface area contributed by atoms with E-state index in [1.807, 2.05) is 6.08 Å². The molecule has 0 bridgehead atoms. The number of rotatable bonds is 4. The number of hydrogen-bond donors (Lipinski definition) is 0. The van der Waals surface area contributed by atoms with Crippen LogP contribution in [0.5, 0.6) is 0 Å². The molecule has 3 heterocycles. The zero-order chi connectivity index (χ0) is 28.8. The zero-order valence-corrected chi connectivity index (χ0v) is 22.4. The third kappa shape index (κ3) is 6.04. The molecule has 0 unspecified atom stereocenters. The van der Waals surface area contributed by atoms with Crippen molar-refractivity contribution in [1.29, 1.82) is 0 Å². The lowest BCUT2D eigenvalue weighted by molar-refractivity contribution is -0.143. The molecule has 3 aromatic rings. The van der Waals surface area contributed by atoms with Crippen LogP contribution in [0.4, 0.5) is 31.1 Å². The fraction of sp³-hybridized carbons (Fsp3) is 0.370. The van der Waals surface area contributed by atoms with E-state index in [9.17, 15) is 31.1 Å². The third-order valence-electron chi connectivity index (χ3n) is 7.06. The van der Waals surface area contributed by atoms with Gasteiger partial charge in [-0.25, -0.2) is 0 Å². The average molecular weight is 582 g/mol. The Bertz CT molecular complexity index is 1500. The summed E-state index contributed by atoms with van der Waals surface area (Å²) in [6.07, 6.45) is -4.54. The highest BCUT2D eigenvalue weighted by molar-refractivity contribution is 8.18. The van der Waals surface area contributed by atoms with Crippen LogP contribution in [0.1, 0.15) is 35.1 Å². The Morgan fingerprint density at radius 1 is 1.02 bits per heavy atom. The average Bonchev–Trinajstić information content (AvgIpc) is 3.44. The molecule has 13 heteroatoms. The van der Waals surface area contributed by atoms with Crippen molar-refractivity contribution in [3.05, 3.63) is 69.8 Å². The fourth-order valence-corrected chi connectivity index (χ4v) is 5.75. The number of halogens is 6. The maximum Gasteiger partial charge on any atom is 0.416 e. The van der Waals surface area contributed by atoms with E-state index in [1.54, 1.807) is 24.4 Å². The normalized spacial score (nSPS) is 18.4. The Morgan fingerprint density at radius 2 is 1.75 bits per heavy atom. The molecule has 2 aliphatic rings. The summed E-state index contributed by atoms with van der Waals surface area (Å²) in [5, 5.41) is 4.65. The van der Waals surface area contributed by atoms with E-state index in [0.717, 1.165) is 54.2 Å². The van der Waals surface area contributed by atoms with Gasteiger partial charge in [0, 0.05) is 30.7 Å². The van der Waals surface area contributed by atoms with Crippen LogP contribution in [0, 0.1) is 0 Å². The first kappa shape index (κ1) is 28.2. The topological polar surface area (TPSA) is 53.7 Å². The van der Waals surface area contributed by atoms with E-state index in [-0.39, 0.29) is 23.4 Å². The van der Waals surface area contributed by atoms with Gasteiger partial charge in [0.1, 0.15) is 5.84 Å². The van der Waals surface area contributed by atoms with Crippen molar-refractivity contribution in [1.82, 2.24) is 19.6 Å². The van der Waals surface area contributed by atoms with Gasteiger partial charge in [0.15, 0.2) is 0 Å². The SMILES string of the molecule is CN(C)C1CCN(C2=NC(=O)S/C2=C\c2ccc3nn(Cc4ccc(C(F)(F)F)cc4C(F)(F)F)cc3c2)CC1. The van der Waals surface area contributed by atoms with E-state index in [1.165, 1.54) is 4.68 Å². The van der Waals surface area contributed by atoms with Crippen molar-refractivity contribution >= 4 is 39.8 Å². The van der Waals surface area contributed by atoms with Gasteiger partial charge in [-0.15, -0.1) is 0 Å². The molecule has 1 fully saturated rings. The Labute approximate surface area is 230 Å². The predicted octanol–water partition coefficient (Wildman–Crippen LogP) is 6.75. The summed E-state index contributed by atoms with van der Waals surface area (Å²) in [5.41, 5.74) is -1.77. The summed E-state index contributed by atoms with van der Waals surface area (Å²) in [5.74, 6) is 0.644. The Kier molecular flexibility index (Phi) is 7.47. The van der Waals surface area contributed by atoms with E-state index < -0.39 is 23.5 Å². The minimum atomic E-state index is -4.96. The highest BCUT2D eigenvalue weighted by atomic mass is 32.2. The Hall–Kier alpha value is -3.32. The van der Waals surface area contributed by atoms with Crippen molar-refractivity contribution in [2.24, 2.45) is 4.99 Å². The molecule has 0 saturated carbocycles. The maximum atomic E-state index is 13.6. The Balaban J connectivity index is 1.38. The van der Waals surface area contributed by atoms with Crippen molar-refractivity contribution in [3.8, 4) is 0 Å². The summed E-state index contributed by atoms with van der Waals surface area (Å²) < 4.78 is 81.0. The predicted molar refractivity (Wildman–Crippen MR) is 142 cm³/mol. The van der Waals surface area contributed by atoms with Crippen LogP contribution < -0.4 is 0 Å². The second-order valence-corrected chi connectivity index (χ2v) is 11.0. The second kappa shape index (κ2) is 10.6. The summed E-state index contributed by atoms with van der Waals surface area (Å²) in [6, 6.07) is 7.36. The molecule has 40 heavy (non-hydrogen) atoms. The lowest BCUT2D eigenvalue weighted by Gasteiger charge is -2.36. The van der Waals surface area contributed by atoms with Gasteiger partial charge < -0.3 is 9.80 Å². The first-order valence-electron chi connectivity index (χ1n) is 12.5. The molecule has 1 aromatic heterocycles. The monoisotopic (exact) mass is 581 g/mol. The van der Waals surface area contributed by atoms with E-state index >= 15 is 0 Å². The molecule has 0 atom stereocenters. The molecule has 5 rings (SSSR count). The summed E-state index contributed by atoms with van der Waals surface area (Å²) >= 11 is 1.05. The molecule has 2 aliphatic heterocycles. The molecular formula is C27H25F6N5OS. The second-order valence-electron chi connectivity index (χ2n) is 10.0. The molecule has 1 amide bonds. The van der Waals surface area contributed by atoms with Gasteiger partial charge in [0.25, 0.3) is 0 Å². The van der Waals surface area contributed by atoms with Gasteiger partial charge in [-0.3, -0.25) is 9.48 Å². The van der Waals surface area contributed by atoms with Gasteiger partial charge in [0.2, 0.25) is 0 Å². The molecule has 212 valence electrons. The molecule has 2 aromatic carbocycles. The molecule has 1 saturated heterocycles. The smallest absolute Gasteiger partial charge is 0.355 e.